The molecule has 5 nitrogen and oxygen atoms in total. The molecule has 0 atom stereocenters. The third-order valence-electron chi connectivity index (χ3n) is 2.16. The topological polar surface area (TPSA) is 63.5 Å². The van der Waals surface area contributed by atoms with E-state index in [1.54, 1.807) is 39.1 Å². The van der Waals surface area contributed by atoms with E-state index < -0.39 is 11.7 Å². The van der Waals surface area contributed by atoms with Crippen LogP contribution in [0.4, 0.5) is 4.79 Å². The van der Waals surface area contributed by atoms with Crippen molar-refractivity contribution in [2.45, 2.75) is 26.4 Å². The fourth-order valence-corrected chi connectivity index (χ4v) is 1.90. The van der Waals surface area contributed by atoms with E-state index in [4.69, 9.17) is 9.94 Å². The molecule has 6 heteroatoms. The minimum atomic E-state index is -0.570. The second-order valence-corrected chi connectivity index (χ2v) is 5.64. The van der Waals surface area contributed by atoms with Gasteiger partial charge in [0.1, 0.15) is 5.60 Å². The largest absolute Gasteiger partial charge is 0.443 e. The summed E-state index contributed by atoms with van der Waals surface area (Å²) in [6.45, 7) is 9.09. The summed E-state index contributed by atoms with van der Waals surface area (Å²) in [5, 5.41) is 8.65. The smallest absolute Gasteiger partial charge is 0.418 e. The van der Waals surface area contributed by atoms with Crippen LogP contribution in [0.2, 0.25) is 0 Å². The van der Waals surface area contributed by atoms with Crippen molar-refractivity contribution in [2.75, 3.05) is 0 Å². The van der Waals surface area contributed by atoms with Crippen molar-refractivity contribution in [2.24, 2.45) is 0 Å². The Morgan fingerprint density at radius 2 is 2.21 bits per heavy atom. The van der Waals surface area contributed by atoms with Crippen molar-refractivity contribution in [3.8, 4) is 0 Å². The van der Waals surface area contributed by atoms with Gasteiger partial charge >= 0.3 is 6.09 Å². The van der Waals surface area contributed by atoms with Gasteiger partial charge in [-0.15, -0.1) is 0 Å². The van der Waals surface area contributed by atoms with Crippen molar-refractivity contribution in [1.82, 2.24) is 10.0 Å². The number of rotatable bonds is 3. The number of halogens is 1. The molecule has 1 heterocycles. The van der Waals surface area contributed by atoms with Crippen LogP contribution in [0.15, 0.2) is 25.0 Å². The Morgan fingerprint density at radius 3 is 2.68 bits per heavy atom. The molecule has 0 aliphatic carbocycles. The predicted molar refractivity (Wildman–Crippen MR) is 78.0 cm³/mol. The summed E-state index contributed by atoms with van der Waals surface area (Å²) in [5.74, 6) is 0. The summed E-state index contributed by atoms with van der Waals surface area (Å²) >= 11 is 3.29. The van der Waals surface area contributed by atoms with Crippen LogP contribution >= 0.6 is 15.9 Å². The highest BCUT2D eigenvalue weighted by molar-refractivity contribution is 9.15. The quantitative estimate of drug-likeness (QED) is 0.832. The van der Waals surface area contributed by atoms with Crippen molar-refractivity contribution < 1.29 is 14.7 Å². The maximum atomic E-state index is 12.0. The molecule has 0 saturated carbocycles. The maximum Gasteiger partial charge on any atom is 0.418 e. The highest BCUT2D eigenvalue weighted by Crippen LogP contribution is 2.26. The van der Waals surface area contributed by atoms with Crippen LogP contribution in [0, 0.1) is 0 Å². The highest BCUT2D eigenvalue weighted by Gasteiger charge is 2.20. The van der Waals surface area contributed by atoms with E-state index in [2.05, 4.69) is 22.5 Å². The molecule has 0 amide bonds. The SMILES string of the molecule is C=Cc1c(/C(Br)=C\NO)ccn1C(=O)OC(C)(C)C. The summed E-state index contributed by atoms with van der Waals surface area (Å²) in [6, 6.07) is 1.72. The van der Waals surface area contributed by atoms with Gasteiger partial charge in [0, 0.05) is 22.4 Å². The lowest BCUT2D eigenvalue weighted by Gasteiger charge is -2.20. The lowest BCUT2D eigenvalue weighted by atomic mass is 10.2. The molecule has 1 aromatic heterocycles. The van der Waals surface area contributed by atoms with E-state index in [1.165, 1.54) is 10.8 Å². The molecule has 0 aliphatic heterocycles. The lowest BCUT2D eigenvalue weighted by Crippen LogP contribution is -2.27. The zero-order chi connectivity index (χ0) is 14.6. The van der Waals surface area contributed by atoms with E-state index >= 15 is 0 Å². The molecule has 0 bridgehead atoms. The van der Waals surface area contributed by atoms with Crippen molar-refractivity contribution in [1.29, 1.82) is 0 Å². The summed E-state index contributed by atoms with van der Waals surface area (Å²) in [4.78, 5) is 12.0. The molecule has 0 radical (unpaired) electrons. The summed E-state index contributed by atoms with van der Waals surface area (Å²) < 4.78 is 7.25. The maximum absolute atomic E-state index is 12.0. The predicted octanol–water partition coefficient (Wildman–Crippen LogP) is 3.59. The average Bonchev–Trinajstić information content (AvgIpc) is 2.70. The molecule has 0 fully saturated rings. The van der Waals surface area contributed by atoms with Crippen LogP contribution in [0.1, 0.15) is 32.0 Å². The monoisotopic (exact) mass is 328 g/mol. The number of ether oxygens (including phenoxy) is 1. The zero-order valence-electron chi connectivity index (χ0n) is 11.1. The molecule has 0 unspecified atom stereocenters. The van der Waals surface area contributed by atoms with E-state index in [1.807, 2.05) is 5.48 Å². The summed E-state index contributed by atoms with van der Waals surface area (Å²) in [7, 11) is 0. The third kappa shape index (κ3) is 3.97. The van der Waals surface area contributed by atoms with Gasteiger partial charge in [0.2, 0.25) is 0 Å². The number of hydrogen-bond acceptors (Lipinski definition) is 4. The molecule has 0 spiro atoms. The van der Waals surface area contributed by atoms with Gasteiger partial charge in [0.25, 0.3) is 0 Å². The second kappa shape index (κ2) is 6.08. The molecular weight excluding hydrogens is 312 g/mol. The van der Waals surface area contributed by atoms with Crippen molar-refractivity contribution in [3.63, 3.8) is 0 Å². The third-order valence-corrected chi connectivity index (χ3v) is 2.81. The first-order valence-electron chi connectivity index (χ1n) is 5.63. The molecule has 2 N–H and O–H groups in total. The molecule has 0 saturated heterocycles. The van der Waals surface area contributed by atoms with Gasteiger partial charge in [0.15, 0.2) is 0 Å². The highest BCUT2D eigenvalue weighted by atomic mass is 79.9. The molecule has 19 heavy (non-hydrogen) atoms. The molecule has 0 aliphatic rings. The molecule has 0 aromatic carbocycles. The average molecular weight is 329 g/mol. The summed E-state index contributed by atoms with van der Waals surface area (Å²) in [6.07, 6.45) is 4.01. The van der Waals surface area contributed by atoms with Crippen LogP contribution in [0.25, 0.3) is 10.6 Å². The van der Waals surface area contributed by atoms with Crippen molar-refractivity contribution in [3.05, 3.63) is 36.3 Å². The lowest BCUT2D eigenvalue weighted by molar-refractivity contribution is 0.0536. The van der Waals surface area contributed by atoms with Gasteiger partial charge in [-0.1, -0.05) is 6.58 Å². The van der Waals surface area contributed by atoms with E-state index in [0.717, 1.165) is 0 Å². The Morgan fingerprint density at radius 1 is 1.58 bits per heavy atom. The normalized spacial score (nSPS) is 12.2. The van der Waals surface area contributed by atoms with Crippen LogP contribution in [0.3, 0.4) is 0 Å². The Balaban J connectivity index is 3.15. The fraction of sp³-hybridized carbons (Fsp3) is 0.308. The van der Waals surface area contributed by atoms with Gasteiger partial charge in [-0.25, -0.2) is 4.79 Å². The Kier molecular flexibility index (Phi) is 4.97. The number of hydrogen-bond donors (Lipinski definition) is 2. The molecule has 104 valence electrons. The van der Waals surface area contributed by atoms with Gasteiger partial charge in [-0.2, -0.15) is 0 Å². The van der Waals surface area contributed by atoms with E-state index in [0.29, 0.717) is 15.7 Å². The number of nitrogens with zero attached hydrogens (tertiary/aromatic N) is 1. The van der Waals surface area contributed by atoms with Gasteiger partial charge < -0.3 is 4.74 Å². The fourth-order valence-electron chi connectivity index (χ4n) is 1.46. The van der Waals surface area contributed by atoms with Crippen molar-refractivity contribution >= 4 is 32.6 Å². The Bertz CT molecular complexity index is 512. The Hall–Kier alpha value is -1.53. The van der Waals surface area contributed by atoms with E-state index in [9.17, 15) is 4.79 Å². The number of nitrogens with one attached hydrogen (secondary N) is 1. The number of aromatic nitrogens is 1. The van der Waals surface area contributed by atoms with Gasteiger partial charge in [-0.05, 0) is 48.8 Å². The molecular formula is C13H17BrN2O3. The number of carbonyl (C=O) groups excluding carboxylic acids is 1. The summed E-state index contributed by atoms with van der Waals surface area (Å²) in [5.41, 5.74) is 2.64. The standard InChI is InChI=1S/C13H17BrN2O3/c1-5-11-9(10(14)8-15-18)6-7-16(11)12(17)19-13(2,3)4/h5-8,15,18H,1H2,2-4H3/b10-8+. The van der Waals surface area contributed by atoms with Crippen LogP contribution < -0.4 is 5.48 Å². The van der Waals surface area contributed by atoms with Crippen LogP contribution in [-0.4, -0.2) is 21.5 Å². The van der Waals surface area contributed by atoms with Gasteiger partial charge in [0.05, 0.1) is 5.69 Å². The zero-order valence-corrected chi connectivity index (χ0v) is 12.7. The molecule has 1 aromatic rings. The number of carbonyl (C=O) groups is 1. The Labute approximate surface area is 120 Å². The minimum absolute atomic E-state index is 0.481. The molecule has 1 rings (SSSR count). The van der Waals surface area contributed by atoms with Crippen LogP contribution in [0.5, 0.6) is 0 Å². The van der Waals surface area contributed by atoms with Crippen LogP contribution in [-0.2, 0) is 4.74 Å². The first kappa shape index (κ1) is 15.5. The minimum Gasteiger partial charge on any atom is -0.443 e. The first-order chi connectivity index (χ1) is 8.80. The first-order valence-corrected chi connectivity index (χ1v) is 6.42. The second-order valence-electron chi connectivity index (χ2n) is 4.79. The number of hydroxylamine groups is 1. The van der Waals surface area contributed by atoms with Gasteiger partial charge in [-0.3, -0.25) is 15.3 Å². The van der Waals surface area contributed by atoms with E-state index in [-0.39, 0.29) is 0 Å².